The van der Waals surface area contributed by atoms with E-state index >= 15 is 0 Å². The van der Waals surface area contributed by atoms with Gasteiger partial charge in [0.05, 0.1) is 24.1 Å². The standard InChI is InChI=1S/C16H16FN5O.C15H14FN5O.C15H12FN5O/c1-10-9-15(19-13-5-3-12(17)4-6-13)20-16(18-10)22-8-7-14(21-22)11(2)23;2*1-10-8-14(18-12-4-2-11(16)3-5-12)19-15(17-10)21-7-6-13(9-22)20-21/h3-9,11,23H,1-2H3,(H,18,19,20);2-8,22H,9H2,1H3,(H,17,18,19);2-9H,1H3,(H,17,18,19). The second kappa shape index (κ2) is 21.3. The minimum absolute atomic E-state index is 0.139. The summed E-state index contributed by atoms with van der Waals surface area (Å²) in [5.41, 5.74) is 5.80. The minimum Gasteiger partial charge on any atom is -0.390 e. The summed E-state index contributed by atoms with van der Waals surface area (Å²) in [6.45, 7) is 7.02. The fourth-order valence-corrected chi connectivity index (χ4v) is 5.94. The summed E-state index contributed by atoms with van der Waals surface area (Å²) < 4.78 is 43.2. The van der Waals surface area contributed by atoms with E-state index in [0.717, 1.165) is 28.5 Å². The lowest BCUT2D eigenvalue weighted by Gasteiger charge is -2.08. The fourth-order valence-electron chi connectivity index (χ4n) is 5.94. The Morgan fingerprint density at radius 2 is 0.910 bits per heavy atom. The molecule has 6 aromatic heterocycles. The molecule has 0 fully saturated rings. The van der Waals surface area contributed by atoms with Gasteiger partial charge < -0.3 is 26.2 Å². The molecule has 1 atom stereocenters. The van der Waals surface area contributed by atoms with Gasteiger partial charge in [0.15, 0.2) is 6.29 Å². The molecule has 0 spiro atoms. The fraction of sp³-hybridized carbons (Fsp3) is 0.130. The molecule has 0 saturated heterocycles. The number of nitrogens with zero attached hydrogens (tertiary/aromatic N) is 12. The molecule has 3 aromatic carbocycles. The van der Waals surface area contributed by atoms with Crippen LogP contribution in [0.4, 0.5) is 47.7 Å². The van der Waals surface area contributed by atoms with Crippen LogP contribution >= 0.6 is 0 Å². The van der Waals surface area contributed by atoms with Crippen molar-refractivity contribution in [3.8, 4) is 17.8 Å². The Bertz CT molecular complexity index is 3070. The first-order valence-corrected chi connectivity index (χ1v) is 20.3. The number of aromatic nitrogens is 12. The molecule has 1 unspecified atom stereocenters. The molecule has 6 heterocycles. The van der Waals surface area contributed by atoms with Gasteiger partial charge in [-0.2, -0.15) is 30.2 Å². The predicted octanol–water partition coefficient (Wildman–Crippen LogP) is 7.92. The normalized spacial score (nSPS) is 11.1. The zero-order chi connectivity index (χ0) is 47.5. The number of hydrogen-bond acceptors (Lipinski definition) is 15. The van der Waals surface area contributed by atoms with Crippen molar-refractivity contribution in [3.63, 3.8) is 0 Å². The third-order valence-electron chi connectivity index (χ3n) is 9.07. The summed E-state index contributed by atoms with van der Waals surface area (Å²) in [7, 11) is 0. The predicted molar refractivity (Wildman–Crippen MR) is 243 cm³/mol. The van der Waals surface area contributed by atoms with E-state index in [2.05, 4.69) is 61.2 Å². The number of aryl methyl sites for hydroxylation is 3. The molecule has 0 aliphatic heterocycles. The number of halogens is 3. The van der Waals surface area contributed by atoms with Gasteiger partial charge in [-0.1, -0.05) is 0 Å². The van der Waals surface area contributed by atoms with Crippen molar-refractivity contribution in [2.45, 2.75) is 40.4 Å². The maximum absolute atomic E-state index is 13.0. The van der Waals surface area contributed by atoms with Gasteiger partial charge in [0, 0.05) is 70.9 Å². The highest BCUT2D eigenvalue weighted by molar-refractivity contribution is 5.71. The van der Waals surface area contributed by atoms with Crippen LogP contribution in [-0.2, 0) is 6.61 Å². The van der Waals surface area contributed by atoms with Gasteiger partial charge in [-0.05, 0) is 119 Å². The molecule has 0 saturated carbocycles. The zero-order valence-electron chi connectivity index (χ0n) is 36.3. The summed E-state index contributed by atoms with van der Waals surface area (Å²) in [5.74, 6) is 1.95. The van der Waals surface area contributed by atoms with Crippen molar-refractivity contribution in [1.82, 2.24) is 59.2 Å². The Morgan fingerprint density at radius 1 is 0.537 bits per heavy atom. The van der Waals surface area contributed by atoms with Crippen molar-refractivity contribution in [3.05, 3.63) is 179 Å². The van der Waals surface area contributed by atoms with E-state index in [1.807, 2.05) is 20.8 Å². The number of aldehydes is 1. The number of aliphatic hydroxyl groups is 2. The molecular weight excluding hydrogens is 868 g/mol. The summed E-state index contributed by atoms with van der Waals surface area (Å²) in [4.78, 5) is 36.7. The first-order valence-electron chi connectivity index (χ1n) is 20.3. The van der Waals surface area contributed by atoms with Crippen LogP contribution in [0, 0.1) is 38.2 Å². The number of nitrogens with one attached hydrogen (secondary N) is 3. The largest absolute Gasteiger partial charge is 0.390 e. The number of aliphatic hydroxyl groups excluding tert-OH is 2. The maximum Gasteiger partial charge on any atom is 0.252 e. The van der Waals surface area contributed by atoms with E-state index in [0.29, 0.717) is 64.4 Å². The molecule has 0 bridgehead atoms. The van der Waals surface area contributed by atoms with E-state index in [9.17, 15) is 23.1 Å². The summed E-state index contributed by atoms with van der Waals surface area (Å²) in [6, 6.07) is 28.3. The Balaban J connectivity index is 0.000000149. The second-order valence-electron chi connectivity index (χ2n) is 14.6. The first-order chi connectivity index (χ1) is 32.3. The monoisotopic (exact) mass is 909 g/mol. The Morgan fingerprint density at radius 3 is 1.25 bits per heavy atom. The number of carbonyl (C=O) groups is 1. The molecule has 0 radical (unpaired) electrons. The van der Waals surface area contributed by atoms with Gasteiger partial charge >= 0.3 is 0 Å². The van der Waals surface area contributed by atoms with E-state index in [1.54, 1.807) is 98.3 Å². The SMILES string of the molecule is Cc1cc(Nc2ccc(F)cc2)nc(-n2ccc(C(C)O)n2)n1.Cc1cc(Nc2ccc(F)cc2)nc(-n2ccc(C=O)n2)n1.Cc1cc(Nc2ccc(F)cc2)nc(-n2ccc(CO)n2)n1. The Kier molecular flexibility index (Phi) is 14.7. The van der Waals surface area contributed by atoms with Crippen molar-refractivity contribution >= 4 is 40.8 Å². The molecule has 0 amide bonds. The molecule has 5 N–H and O–H groups in total. The molecular formula is C46H42F3N15O3. The van der Waals surface area contributed by atoms with Gasteiger partial charge in [0.25, 0.3) is 17.8 Å². The van der Waals surface area contributed by atoms with Crippen LogP contribution in [-0.4, -0.2) is 75.7 Å². The second-order valence-corrected chi connectivity index (χ2v) is 14.6. The highest BCUT2D eigenvalue weighted by Crippen LogP contribution is 2.20. The third-order valence-corrected chi connectivity index (χ3v) is 9.07. The van der Waals surface area contributed by atoms with E-state index in [1.165, 1.54) is 50.4 Å². The van der Waals surface area contributed by atoms with Crippen LogP contribution in [0.5, 0.6) is 0 Å². The number of anilines is 6. The van der Waals surface area contributed by atoms with Crippen molar-refractivity contribution in [2.24, 2.45) is 0 Å². The summed E-state index contributed by atoms with van der Waals surface area (Å²) >= 11 is 0. The highest BCUT2D eigenvalue weighted by atomic mass is 19.1. The Hall–Kier alpha value is -8.69. The van der Waals surface area contributed by atoms with Crippen LogP contribution in [0.1, 0.15) is 52.0 Å². The molecule has 9 aromatic rings. The van der Waals surface area contributed by atoms with Gasteiger partial charge in [-0.15, -0.1) is 0 Å². The van der Waals surface area contributed by atoms with Crippen LogP contribution < -0.4 is 16.0 Å². The number of benzene rings is 3. The van der Waals surface area contributed by atoms with E-state index in [4.69, 9.17) is 5.11 Å². The highest BCUT2D eigenvalue weighted by Gasteiger charge is 2.12. The van der Waals surface area contributed by atoms with Gasteiger partial charge in [-0.3, -0.25) is 4.79 Å². The van der Waals surface area contributed by atoms with Gasteiger partial charge in [0.1, 0.15) is 40.6 Å². The quantitative estimate of drug-likeness (QED) is 0.0734. The van der Waals surface area contributed by atoms with Crippen LogP contribution in [0.15, 0.2) is 128 Å². The van der Waals surface area contributed by atoms with Crippen LogP contribution in [0.25, 0.3) is 17.8 Å². The van der Waals surface area contributed by atoms with Gasteiger partial charge in [-0.25, -0.2) is 42.2 Å². The Labute approximate surface area is 380 Å². The molecule has 340 valence electrons. The van der Waals surface area contributed by atoms with Crippen LogP contribution in [0.3, 0.4) is 0 Å². The molecule has 18 nitrogen and oxygen atoms in total. The topological polar surface area (TPSA) is 224 Å². The van der Waals surface area contributed by atoms with Crippen molar-refractivity contribution in [1.29, 1.82) is 0 Å². The zero-order valence-corrected chi connectivity index (χ0v) is 36.3. The van der Waals surface area contributed by atoms with Gasteiger partial charge in [0.2, 0.25) is 0 Å². The maximum atomic E-state index is 13.0. The molecule has 9 rings (SSSR count). The molecule has 0 aliphatic carbocycles. The number of hydrogen-bond donors (Lipinski definition) is 5. The lowest BCUT2D eigenvalue weighted by molar-refractivity contribution is 0.111. The lowest BCUT2D eigenvalue weighted by Crippen LogP contribution is -2.06. The lowest BCUT2D eigenvalue weighted by atomic mass is 10.3. The number of carbonyl (C=O) groups excluding carboxylic acids is 1. The summed E-state index contributed by atoms with van der Waals surface area (Å²) in [6.07, 6.45) is 4.99. The average molecular weight is 910 g/mol. The number of rotatable bonds is 12. The third kappa shape index (κ3) is 13.0. The van der Waals surface area contributed by atoms with E-state index < -0.39 is 6.10 Å². The molecule has 0 aliphatic rings. The average Bonchev–Trinajstić information content (AvgIpc) is 4.11. The molecule has 21 heteroatoms. The van der Waals surface area contributed by atoms with Crippen molar-refractivity contribution < 1.29 is 28.2 Å². The van der Waals surface area contributed by atoms with Crippen molar-refractivity contribution in [2.75, 3.05) is 16.0 Å². The minimum atomic E-state index is -0.655. The first kappa shape index (κ1) is 46.3. The molecule has 67 heavy (non-hydrogen) atoms. The van der Waals surface area contributed by atoms with E-state index in [-0.39, 0.29) is 24.1 Å². The summed E-state index contributed by atoms with van der Waals surface area (Å²) in [5, 5.41) is 40.3. The smallest absolute Gasteiger partial charge is 0.252 e. The van der Waals surface area contributed by atoms with Crippen LogP contribution in [0.2, 0.25) is 0 Å².